The summed E-state index contributed by atoms with van der Waals surface area (Å²) in [6, 6.07) is 9.57. The summed E-state index contributed by atoms with van der Waals surface area (Å²) < 4.78 is 5.74. The van der Waals surface area contributed by atoms with E-state index in [-0.39, 0.29) is 5.41 Å². The highest BCUT2D eigenvalue weighted by Gasteiger charge is 2.41. The van der Waals surface area contributed by atoms with Crippen LogP contribution in [0.3, 0.4) is 0 Å². The maximum atomic E-state index is 5.74. The van der Waals surface area contributed by atoms with Gasteiger partial charge in [-0.3, -0.25) is 9.80 Å². The van der Waals surface area contributed by atoms with Crippen molar-refractivity contribution in [2.24, 2.45) is 0 Å². The molecule has 1 saturated heterocycles. The largest absolute Gasteiger partial charge is 0.338 e. The minimum Gasteiger partial charge on any atom is -0.338 e. The quantitative estimate of drug-likeness (QED) is 0.720. The zero-order chi connectivity index (χ0) is 19.6. The van der Waals surface area contributed by atoms with Crippen LogP contribution in [0.2, 0.25) is 0 Å². The highest BCUT2D eigenvalue weighted by molar-refractivity contribution is 5.35. The summed E-state index contributed by atoms with van der Waals surface area (Å²) in [4.78, 5) is 9.93. The number of likely N-dealkylation sites (tertiary alicyclic amines) is 1. The second-order valence-corrected chi connectivity index (χ2v) is 8.57. The lowest BCUT2D eigenvalue weighted by molar-refractivity contribution is 0.200. The lowest BCUT2D eigenvalue weighted by atomic mass is 9.78. The van der Waals surface area contributed by atoms with Gasteiger partial charge < -0.3 is 4.52 Å². The molecule has 0 bridgehead atoms. The number of rotatable bonds is 7. The SMILES string of the molecule is CCN(CC)[C@@H]1CCN(Cc2nc(C3(c4ccc(C)cc4)CCCC3)no2)C1. The third-order valence-corrected chi connectivity index (χ3v) is 6.89. The molecule has 5 nitrogen and oxygen atoms in total. The van der Waals surface area contributed by atoms with E-state index >= 15 is 0 Å². The topological polar surface area (TPSA) is 45.4 Å². The summed E-state index contributed by atoms with van der Waals surface area (Å²) in [7, 11) is 0. The first-order chi connectivity index (χ1) is 13.6. The maximum Gasteiger partial charge on any atom is 0.240 e. The zero-order valence-electron chi connectivity index (χ0n) is 17.7. The van der Waals surface area contributed by atoms with E-state index in [2.05, 4.69) is 60.0 Å². The first-order valence-corrected chi connectivity index (χ1v) is 11.0. The number of aryl methyl sites for hydroxylation is 1. The fourth-order valence-electron chi connectivity index (χ4n) is 5.19. The highest BCUT2D eigenvalue weighted by atomic mass is 16.5. The van der Waals surface area contributed by atoms with Gasteiger partial charge in [-0.25, -0.2) is 0 Å². The molecule has 1 saturated carbocycles. The molecule has 1 aromatic carbocycles. The average Bonchev–Trinajstić information content (AvgIpc) is 3.45. The van der Waals surface area contributed by atoms with E-state index in [1.165, 1.54) is 30.4 Å². The van der Waals surface area contributed by atoms with Crippen molar-refractivity contribution in [1.29, 1.82) is 0 Å². The van der Waals surface area contributed by atoms with Crippen LogP contribution in [0.25, 0.3) is 0 Å². The molecule has 152 valence electrons. The number of hydrogen-bond acceptors (Lipinski definition) is 5. The van der Waals surface area contributed by atoms with Gasteiger partial charge in [-0.05, 0) is 44.8 Å². The Morgan fingerprint density at radius 1 is 1.14 bits per heavy atom. The Morgan fingerprint density at radius 2 is 1.86 bits per heavy atom. The Morgan fingerprint density at radius 3 is 2.54 bits per heavy atom. The standard InChI is InChI=1S/C23H34N4O/c1-4-27(5-2)20-12-15-26(16-20)17-21-24-22(25-28-21)23(13-6-7-14-23)19-10-8-18(3)9-11-19/h8-11,20H,4-7,12-17H2,1-3H3/t20-/m1/s1. The van der Waals surface area contributed by atoms with E-state index in [1.807, 2.05) is 0 Å². The molecule has 4 rings (SSSR count). The Balaban J connectivity index is 1.48. The van der Waals surface area contributed by atoms with Gasteiger partial charge in [0.05, 0.1) is 12.0 Å². The van der Waals surface area contributed by atoms with Crippen LogP contribution in [-0.2, 0) is 12.0 Å². The van der Waals surface area contributed by atoms with Crippen molar-refractivity contribution in [3.8, 4) is 0 Å². The monoisotopic (exact) mass is 382 g/mol. The molecule has 0 spiro atoms. The summed E-state index contributed by atoms with van der Waals surface area (Å²) in [6.07, 6.45) is 5.92. The van der Waals surface area contributed by atoms with Crippen LogP contribution in [0.4, 0.5) is 0 Å². The second kappa shape index (κ2) is 8.34. The van der Waals surface area contributed by atoms with Gasteiger partial charge in [0.1, 0.15) is 0 Å². The van der Waals surface area contributed by atoms with Gasteiger partial charge in [0.25, 0.3) is 0 Å². The Hall–Kier alpha value is -1.72. The first kappa shape index (κ1) is 19.6. The van der Waals surface area contributed by atoms with Crippen LogP contribution >= 0.6 is 0 Å². The van der Waals surface area contributed by atoms with Gasteiger partial charge >= 0.3 is 0 Å². The summed E-state index contributed by atoms with van der Waals surface area (Å²) >= 11 is 0. The molecule has 1 aliphatic carbocycles. The molecule has 2 aliphatic rings. The minimum atomic E-state index is -0.0653. The molecule has 2 fully saturated rings. The molecule has 5 heteroatoms. The van der Waals surface area contributed by atoms with Crippen LogP contribution in [0, 0.1) is 6.92 Å². The van der Waals surface area contributed by atoms with Gasteiger partial charge in [-0.15, -0.1) is 0 Å². The molecule has 1 aliphatic heterocycles. The third-order valence-electron chi connectivity index (χ3n) is 6.89. The van der Waals surface area contributed by atoms with Gasteiger partial charge in [-0.1, -0.05) is 61.7 Å². The lowest BCUT2D eigenvalue weighted by Crippen LogP contribution is -2.37. The maximum absolute atomic E-state index is 5.74. The van der Waals surface area contributed by atoms with E-state index in [9.17, 15) is 0 Å². The molecule has 2 aromatic rings. The number of likely N-dealkylation sites (N-methyl/N-ethyl adjacent to an activating group) is 1. The fourth-order valence-corrected chi connectivity index (χ4v) is 5.19. The normalized spacial score (nSPS) is 22.4. The number of nitrogens with zero attached hydrogens (tertiary/aromatic N) is 4. The van der Waals surface area contributed by atoms with Crippen molar-refractivity contribution in [3.63, 3.8) is 0 Å². The number of benzene rings is 1. The molecule has 0 radical (unpaired) electrons. The van der Waals surface area contributed by atoms with Crippen molar-refractivity contribution in [2.75, 3.05) is 26.2 Å². The predicted octanol–water partition coefficient (Wildman–Crippen LogP) is 4.15. The molecular formula is C23H34N4O. The molecule has 2 heterocycles. The Kier molecular flexibility index (Phi) is 5.83. The Labute approximate surface area is 169 Å². The van der Waals surface area contributed by atoms with Crippen LogP contribution < -0.4 is 0 Å². The van der Waals surface area contributed by atoms with Crippen LogP contribution in [0.15, 0.2) is 28.8 Å². The predicted molar refractivity (Wildman–Crippen MR) is 111 cm³/mol. The van der Waals surface area contributed by atoms with Crippen molar-refractivity contribution in [3.05, 3.63) is 47.1 Å². The number of hydrogen-bond donors (Lipinski definition) is 0. The van der Waals surface area contributed by atoms with Crippen molar-refractivity contribution in [2.45, 2.75) is 70.9 Å². The summed E-state index contributed by atoms with van der Waals surface area (Å²) in [6.45, 7) is 11.9. The Bertz CT molecular complexity index is 759. The number of aromatic nitrogens is 2. The van der Waals surface area contributed by atoms with E-state index < -0.39 is 0 Å². The van der Waals surface area contributed by atoms with E-state index in [0.717, 1.165) is 57.3 Å². The van der Waals surface area contributed by atoms with Gasteiger partial charge in [0.2, 0.25) is 5.89 Å². The molecule has 0 N–H and O–H groups in total. The molecular weight excluding hydrogens is 348 g/mol. The second-order valence-electron chi connectivity index (χ2n) is 8.57. The fraction of sp³-hybridized carbons (Fsp3) is 0.652. The van der Waals surface area contributed by atoms with Crippen LogP contribution in [-0.4, -0.2) is 52.2 Å². The van der Waals surface area contributed by atoms with E-state index in [0.29, 0.717) is 6.04 Å². The summed E-state index contributed by atoms with van der Waals surface area (Å²) in [5.41, 5.74) is 2.57. The van der Waals surface area contributed by atoms with Crippen molar-refractivity contribution < 1.29 is 4.52 Å². The van der Waals surface area contributed by atoms with Crippen molar-refractivity contribution in [1.82, 2.24) is 19.9 Å². The lowest BCUT2D eigenvalue weighted by Gasteiger charge is -2.26. The van der Waals surface area contributed by atoms with E-state index in [1.54, 1.807) is 0 Å². The highest BCUT2D eigenvalue weighted by Crippen LogP contribution is 2.45. The van der Waals surface area contributed by atoms with Gasteiger partial charge in [-0.2, -0.15) is 4.98 Å². The van der Waals surface area contributed by atoms with Crippen LogP contribution in [0.5, 0.6) is 0 Å². The van der Waals surface area contributed by atoms with Gasteiger partial charge in [0, 0.05) is 19.1 Å². The average molecular weight is 383 g/mol. The molecule has 0 amide bonds. The summed E-state index contributed by atoms with van der Waals surface area (Å²) in [5.74, 6) is 1.66. The molecule has 1 atom stereocenters. The van der Waals surface area contributed by atoms with Gasteiger partial charge in [0.15, 0.2) is 5.82 Å². The molecule has 28 heavy (non-hydrogen) atoms. The molecule has 0 unspecified atom stereocenters. The zero-order valence-corrected chi connectivity index (χ0v) is 17.7. The summed E-state index contributed by atoms with van der Waals surface area (Å²) in [5, 5.41) is 4.47. The smallest absolute Gasteiger partial charge is 0.240 e. The van der Waals surface area contributed by atoms with Crippen molar-refractivity contribution >= 4 is 0 Å². The minimum absolute atomic E-state index is 0.0653. The van der Waals surface area contributed by atoms with Crippen LogP contribution in [0.1, 0.15) is 68.8 Å². The first-order valence-electron chi connectivity index (χ1n) is 11.0. The van der Waals surface area contributed by atoms with E-state index in [4.69, 9.17) is 9.51 Å². The molecule has 1 aromatic heterocycles. The third kappa shape index (κ3) is 3.74.